The van der Waals surface area contributed by atoms with E-state index in [-0.39, 0.29) is 17.9 Å². The van der Waals surface area contributed by atoms with Gasteiger partial charge in [-0.25, -0.2) is 0 Å². The van der Waals surface area contributed by atoms with E-state index in [1.807, 2.05) is 18.7 Å². The third-order valence-corrected chi connectivity index (χ3v) is 3.03. The van der Waals surface area contributed by atoms with Crippen molar-refractivity contribution in [3.63, 3.8) is 0 Å². The van der Waals surface area contributed by atoms with Gasteiger partial charge in [-0.3, -0.25) is 4.79 Å². The quantitative estimate of drug-likeness (QED) is 0.729. The molecule has 0 bridgehead atoms. The average Bonchev–Trinajstić information content (AvgIpc) is 3.00. The van der Waals surface area contributed by atoms with Crippen LogP contribution in [0.3, 0.4) is 0 Å². The molecule has 0 aromatic rings. The van der Waals surface area contributed by atoms with E-state index in [9.17, 15) is 4.79 Å². The molecule has 88 valence electrons. The molecule has 3 nitrogen and oxygen atoms in total. The maximum absolute atomic E-state index is 12.1. The van der Waals surface area contributed by atoms with Crippen molar-refractivity contribution in [1.29, 1.82) is 0 Å². The van der Waals surface area contributed by atoms with Crippen LogP contribution in [0.25, 0.3) is 0 Å². The Bertz CT molecular complexity index is 212. The molecule has 1 aliphatic carbocycles. The van der Waals surface area contributed by atoms with Gasteiger partial charge in [0.25, 0.3) is 0 Å². The van der Waals surface area contributed by atoms with Gasteiger partial charge in [0, 0.05) is 12.6 Å². The van der Waals surface area contributed by atoms with E-state index in [0.29, 0.717) is 6.04 Å². The smallest absolute Gasteiger partial charge is 0.239 e. The summed E-state index contributed by atoms with van der Waals surface area (Å²) in [6.07, 6.45) is 4.56. The summed E-state index contributed by atoms with van der Waals surface area (Å²) in [6, 6.07) is 0.177. The molecule has 2 N–H and O–H groups in total. The molecule has 0 unspecified atom stereocenters. The molecule has 1 amide bonds. The predicted octanol–water partition coefficient (Wildman–Crippen LogP) is 1.76. The average molecular weight is 212 g/mol. The highest BCUT2D eigenvalue weighted by atomic mass is 16.2. The molecular formula is C12H24N2O. The molecule has 3 heteroatoms. The molecule has 0 radical (unpaired) electrons. The number of carbonyl (C=O) groups excluding carboxylic acids is 1. The number of unbranched alkanes of at least 4 members (excludes halogenated alkanes) is 1. The first-order valence-corrected chi connectivity index (χ1v) is 6.14. The van der Waals surface area contributed by atoms with Crippen LogP contribution in [-0.2, 0) is 4.79 Å². The molecule has 1 atom stereocenters. The van der Waals surface area contributed by atoms with Crippen LogP contribution < -0.4 is 5.73 Å². The van der Waals surface area contributed by atoms with E-state index in [0.717, 1.165) is 19.4 Å². The third kappa shape index (κ3) is 3.49. The highest BCUT2D eigenvalue weighted by Gasteiger charge is 2.34. The lowest BCUT2D eigenvalue weighted by Crippen LogP contribution is -2.47. The van der Waals surface area contributed by atoms with Gasteiger partial charge in [0.15, 0.2) is 0 Å². The van der Waals surface area contributed by atoms with Gasteiger partial charge in [0.1, 0.15) is 0 Å². The third-order valence-electron chi connectivity index (χ3n) is 3.03. The zero-order chi connectivity index (χ0) is 11.4. The Hall–Kier alpha value is -0.570. The fraction of sp³-hybridized carbons (Fsp3) is 0.917. The van der Waals surface area contributed by atoms with Gasteiger partial charge in [-0.2, -0.15) is 0 Å². The minimum atomic E-state index is -0.317. The van der Waals surface area contributed by atoms with Crippen LogP contribution in [0, 0.1) is 5.92 Å². The summed E-state index contributed by atoms with van der Waals surface area (Å²) in [4.78, 5) is 14.1. The van der Waals surface area contributed by atoms with Crippen molar-refractivity contribution >= 4 is 5.91 Å². The van der Waals surface area contributed by atoms with Crippen LogP contribution >= 0.6 is 0 Å². The first-order chi connectivity index (χ1) is 7.07. The van der Waals surface area contributed by atoms with E-state index >= 15 is 0 Å². The molecule has 1 rings (SSSR count). The van der Waals surface area contributed by atoms with E-state index in [1.165, 1.54) is 12.8 Å². The number of hydrogen-bond donors (Lipinski definition) is 1. The van der Waals surface area contributed by atoms with E-state index in [2.05, 4.69) is 6.92 Å². The van der Waals surface area contributed by atoms with Crippen LogP contribution in [0.5, 0.6) is 0 Å². The zero-order valence-corrected chi connectivity index (χ0v) is 10.2. The second-order valence-corrected chi connectivity index (χ2v) is 4.89. The predicted molar refractivity (Wildman–Crippen MR) is 62.5 cm³/mol. The Morgan fingerprint density at radius 1 is 1.47 bits per heavy atom. The first kappa shape index (κ1) is 12.5. The summed E-state index contributed by atoms with van der Waals surface area (Å²) in [6.45, 7) is 7.05. The molecule has 0 aromatic heterocycles. The van der Waals surface area contributed by atoms with E-state index in [1.54, 1.807) is 0 Å². The highest BCUT2D eigenvalue weighted by molar-refractivity contribution is 5.82. The fourth-order valence-corrected chi connectivity index (χ4v) is 1.66. The Kier molecular flexibility index (Phi) is 4.58. The summed E-state index contributed by atoms with van der Waals surface area (Å²) < 4.78 is 0. The van der Waals surface area contributed by atoms with Gasteiger partial charge in [0.2, 0.25) is 5.91 Å². The van der Waals surface area contributed by atoms with Crippen molar-refractivity contribution in [2.45, 2.75) is 58.5 Å². The van der Waals surface area contributed by atoms with Gasteiger partial charge in [-0.15, -0.1) is 0 Å². The van der Waals surface area contributed by atoms with Crippen LogP contribution in [-0.4, -0.2) is 29.4 Å². The Labute approximate surface area is 93.0 Å². The fourth-order valence-electron chi connectivity index (χ4n) is 1.66. The van der Waals surface area contributed by atoms with E-state index < -0.39 is 0 Å². The lowest BCUT2D eigenvalue weighted by molar-refractivity contribution is -0.134. The van der Waals surface area contributed by atoms with Gasteiger partial charge < -0.3 is 10.6 Å². The van der Waals surface area contributed by atoms with Crippen molar-refractivity contribution in [2.24, 2.45) is 11.7 Å². The monoisotopic (exact) mass is 212 g/mol. The second-order valence-electron chi connectivity index (χ2n) is 4.89. The van der Waals surface area contributed by atoms with Gasteiger partial charge >= 0.3 is 0 Å². The van der Waals surface area contributed by atoms with Gasteiger partial charge in [-0.1, -0.05) is 27.2 Å². The number of amides is 1. The molecule has 1 fully saturated rings. The van der Waals surface area contributed by atoms with Crippen molar-refractivity contribution in [1.82, 2.24) is 4.90 Å². The molecule has 15 heavy (non-hydrogen) atoms. The lowest BCUT2D eigenvalue weighted by atomic mass is 10.0. The number of hydrogen-bond acceptors (Lipinski definition) is 2. The minimum absolute atomic E-state index is 0.154. The number of rotatable bonds is 6. The Balaban J connectivity index is 2.50. The summed E-state index contributed by atoms with van der Waals surface area (Å²) in [5, 5.41) is 0. The molecular weight excluding hydrogens is 188 g/mol. The molecule has 0 aliphatic heterocycles. The van der Waals surface area contributed by atoms with Crippen molar-refractivity contribution in [2.75, 3.05) is 6.54 Å². The minimum Gasteiger partial charge on any atom is -0.338 e. The zero-order valence-electron chi connectivity index (χ0n) is 10.2. The standard InChI is InChI=1S/C12H24N2O/c1-4-5-8-14(10-6-7-10)12(15)11(13)9(2)3/h9-11H,4-8,13H2,1-3H3/t11-/m1/s1. The van der Waals surface area contributed by atoms with E-state index in [4.69, 9.17) is 5.73 Å². The van der Waals surface area contributed by atoms with Crippen molar-refractivity contribution < 1.29 is 4.79 Å². The van der Waals surface area contributed by atoms with Crippen LogP contribution in [0.1, 0.15) is 46.5 Å². The molecule has 1 aliphatic rings. The summed E-state index contributed by atoms with van der Waals surface area (Å²) in [5.41, 5.74) is 5.91. The molecule has 0 spiro atoms. The van der Waals surface area contributed by atoms with Crippen molar-refractivity contribution in [3.8, 4) is 0 Å². The first-order valence-electron chi connectivity index (χ1n) is 6.14. The summed E-state index contributed by atoms with van der Waals surface area (Å²) in [5.74, 6) is 0.390. The molecule has 0 heterocycles. The largest absolute Gasteiger partial charge is 0.338 e. The lowest BCUT2D eigenvalue weighted by Gasteiger charge is -2.27. The van der Waals surface area contributed by atoms with Gasteiger partial charge in [0.05, 0.1) is 6.04 Å². The molecule has 0 aromatic carbocycles. The Morgan fingerprint density at radius 3 is 2.47 bits per heavy atom. The summed E-state index contributed by atoms with van der Waals surface area (Å²) >= 11 is 0. The molecule has 0 saturated heterocycles. The SMILES string of the molecule is CCCCN(C(=O)[C@H](N)C(C)C)C1CC1. The summed E-state index contributed by atoms with van der Waals surface area (Å²) in [7, 11) is 0. The normalized spacial score (nSPS) is 17.9. The van der Waals surface area contributed by atoms with Crippen LogP contribution in [0.4, 0.5) is 0 Å². The Morgan fingerprint density at radius 2 is 2.07 bits per heavy atom. The van der Waals surface area contributed by atoms with Gasteiger partial charge in [-0.05, 0) is 25.2 Å². The van der Waals surface area contributed by atoms with Crippen molar-refractivity contribution in [3.05, 3.63) is 0 Å². The van der Waals surface area contributed by atoms with Crippen LogP contribution in [0.2, 0.25) is 0 Å². The highest BCUT2D eigenvalue weighted by Crippen LogP contribution is 2.28. The maximum Gasteiger partial charge on any atom is 0.239 e. The van der Waals surface area contributed by atoms with Crippen LogP contribution in [0.15, 0.2) is 0 Å². The molecule has 1 saturated carbocycles. The number of nitrogens with two attached hydrogens (primary N) is 1. The number of nitrogens with zero attached hydrogens (tertiary/aromatic N) is 1. The maximum atomic E-state index is 12.1. The second kappa shape index (κ2) is 5.50. The number of carbonyl (C=O) groups is 1. The topological polar surface area (TPSA) is 46.3 Å².